The number of hydrogen-bond acceptors (Lipinski definition) is 0. The van der Waals surface area contributed by atoms with E-state index < -0.39 is 0 Å². The van der Waals surface area contributed by atoms with Crippen LogP contribution in [-0.2, 0) is 0 Å². The van der Waals surface area contributed by atoms with Gasteiger partial charge in [0.2, 0.25) is 0 Å². The molecule has 0 saturated heterocycles. The molecule has 0 aromatic heterocycles. The minimum absolute atomic E-state index is 1.27. The van der Waals surface area contributed by atoms with Gasteiger partial charge >= 0.3 is 0 Å². The lowest BCUT2D eigenvalue weighted by Crippen LogP contribution is -1.83. The standard InChI is InChI=1S/C15H16/c1-11-9-12(2)15(13(11)3)10-14-7-5-4-6-8-14/h4-10H,1-3H3. The summed E-state index contributed by atoms with van der Waals surface area (Å²) in [6, 6.07) is 10.5. The second-order valence-electron chi connectivity index (χ2n) is 4.10. The largest absolute Gasteiger partial charge is 0.0622 e. The van der Waals surface area contributed by atoms with Crippen LogP contribution in [0.5, 0.6) is 0 Å². The van der Waals surface area contributed by atoms with E-state index in [1.54, 1.807) is 0 Å². The number of benzene rings is 1. The van der Waals surface area contributed by atoms with Crippen LogP contribution in [0.3, 0.4) is 0 Å². The molecule has 0 heteroatoms. The van der Waals surface area contributed by atoms with Gasteiger partial charge in [0.1, 0.15) is 0 Å². The van der Waals surface area contributed by atoms with E-state index in [0.29, 0.717) is 0 Å². The fourth-order valence-corrected chi connectivity index (χ4v) is 1.96. The third-order valence-electron chi connectivity index (χ3n) is 2.96. The molecule has 2 rings (SSSR count). The minimum atomic E-state index is 1.27. The fourth-order valence-electron chi connectivity index (χ4n) is 1.96. The van der Waals surface area contributed by atoms with Crippen molar-refractivity contribution in [2.75, 3.05) is 0 Å². The van der Waals surface area contributed by atoms with Crippen molar-refractivity contribution >= 4 is 6.08 Å². The maximum Gasteiger partial charge on any atom is -0.0189 e. The van der Waals surface area contributed by atoms with Crippen LogP contribution in [0.15, 0.2) is 58.7 Å². The molecule has 0 bridgehead atoms. The molecule has 1 aliphatic rings. The van der Waals surface area contributed by atoms with E-state index in [1.807, 2.05) is 6.07 Å². The zero-order valence-corrected chi connectivity index (χ0v) is 9.54. The summed E-state index contributed by atoms with van der Waals surface area (Å²) in [5.74, 6) is 0. The first-order valence-electron chi connectivity index (χ1n) is 5.32. The molecule has 0 fully saturated rings. The number of allylic oxidation sites excluding steroid dienone is 5. The van der Waals surface area contributed by atoms with E-state index in [0.717, 1.165) is 0 Å². The average molecular weight is 196 g/mol. The predicted molar refractivity (Wildman–Crippen MR) is 66.6 cm³/mol. The van der Waals surface area contributed by atoms with Gasteiger partial charge in [-0.25, -0.2) is 0 Å². The summed E-state index contributed by atoms with van der Waals surface area (Å²) in [6.45, 7) is 6.54. The third-order valence-corrected chi connectivity index (χ3v) is 2.96. The van der Waals surface area contributed by atoms with Crippen molar-refractivity contribution in [2.45, 2.75) is 20.8 Å². The quantitative estimate of drug-likeness (QED) is 0.625. The van der Waals surface area contributed by atoms with Gasteiger partial charge < -0.3 is 0 Å². The van der Waals surface area contributed by atoms with Crippen LogP contribution < -0.4 is 0 Å². The van der Waals surface area contributed by atoms with Gasteiger partial charge in [0, 0.05) is 0 Å². The summed E-state index contributed by atoms with van der Waals surface area (Å²) in [7, 11) is 0. The highest BCUT2D eigenvalue weighted by Crippen LogP contribution is 2.31. The van der Waals surface area contributed by atoms with Crippen LogP contribution in [0.2, 0.25) is 0 Å². The van der Waals surface area contributed by atoms with Gasteiger partial charge in [-0.1, -0.05) is 36.4 Å². The number of hydrogen-bond donors (Lipinski definition) is 0. The van der Waals surface area contributed by atoms with E-state index in [4.69, 9.17) is 0 Å². The predicted octanol–water partition coefficient (Wildman–Crippen LogP) is 4.37. The van der Waals surface area contributed by atoms with E-state index in [2.05, 4.69) is 57.2 Å². The molecule has 0 N–H and O–H groups in total. The van der Waals surface area contributed by atoms with Gasteiger partial charge in [-0.3, -0.25) is 0 Å². The first-order chi connectivity index (χ1) is 7.18. The van der Waals surface area contributed by atoms with Gasteiger partial charge in [-0.2, -0.15) is 0 Å². The molecule has 1 aromatic rings. The summed E-state index contributed by atoms with van der Waals surface area (Å²) in [4.78, 5) is 0. The SMILES string of the molecule is CC1=CC(C)=C(C)C1=Cc1ccccc1. The molecule has 76 valence electrons. The second-order valence-corrected chi connectivity index (χ2v) is 4.10. The molecule has 0 saturated carbocycles. The molecule has 0 atom stereocenters. The Morgan fingerprint density at radius 1 is 0.933 bits per heavy atom. The van der Waals surface area contributed by atoms with Crippen molar-refractivity contribution in [3.05, 3.63) is 64.3 Å². The first kappa shape index (κ1) is 9.97. The van der Waals surface area contributed by atoms with Gasteiger partial charge in [-0.05, 0) is 54.7 Å². The highest BCUT2D eigenvalue weighted by Gasteiger charge is 2.11. The van der Waals surface area contributed by atoms with Crippen molar-refractivity contribution < 1.29 is 0 Å². The Bertz CT molecular complexity index is 456. The van der Waals surface area contributed by atoms with Gasteiger partial charge in [-0.15, -0.1) is 0 Å². The molecule has 1 aliphatic carbocycles. The third kappa shape index (κ3) is 1.94. The summed E-state index contributed by atoms with van der Waals surface area (Å²) in [5.41, 5.74) is 6.80. The van der Waals surface area contributed by atoms with Gasteiger partial charge in [0.05, 0.1) is 0 Å². The highest BCUT2D eigenvalue weighted by atomic mass is 14.2. The van der Waals surface area contributed by atoms with Gasteiger partial charge in [0.25, 0.3) is 0 Å². The van der Waals surface area contributed by atoms with Crippen molar-refractivity contribution in [1.82, 2.24) is 0 Å². The zero-order valence-electron chi connectivity index (χ0n) is 9.54. The van der Waals surface area contributed by atoms with Gasteiger partial charge in [0.15, 0.2) is 0 Å². The molecule has 0 radical (unpaired) electrons. The zero-order chi connectivity index (χ0) is 10.8. The van der Waals surface area contributed by atoms with Crippen LogP contribution in [0.1, 0.15) is 26.3 Å². The van der Waals surface area contributed by atoms with Crippen molar-refractivity contribution in [2.24, 2.45) is 0 Å². The second kappa shape index (κ2) is 3.90. The minimum Gasteiger partial charge on any atom is -0.0622 e. The van der Waals surface area contributed by atoms with Crippen molar-refractivity contribution in [1.29, 1.82) is 0 Å². The van der Waals surface area contributed by atoms with Crippen LogP contribution in [0.4, 0.5) is 0 Å². The van der Waals surface area contributed by atoms with E-state index in [-0.39, 0.29) is 0 Å². The Kier molecular flexibility index (Phi) is 2.59. The Morgan fingerprint density at radius 3 is 2.13 bits per heavy atom. The summed E-state index contributed by atoms with van der Waals surface area (Å²) in [6.07, 6.45) is 4.52. The molecule has 0 spiro atoms. The fraction of sp³-hybridized carbons (Fsp3) is 0.200. The molecule has 0 nitrogen and oxygen atoms in total. The normalized spacial score (nSPS) is 18.6. The molecule has 0 aliphatic heterocycles. The van der Waals surface area contributed by atoms with Crippen LogP contribution >= 0.6 is 0 Å². The van der Waals surface area contributed by atoms with E-state index >= 15 is 0 Å². The Hall–Kier alpha value is -1.56. The monoisotopic (exact) mass is 196 g/mol. The molecule has 1 aromatic carbocycles. The lowest BCUT2D eigenvalue weighted by Gasteiger charge is -2.03. The first-order valence-corrected chi connectivity index (χ1v) is 5.32. The molecule has 0 amide bonds. The number of rotatable bonds is 1. The average Bonchev–Trinajstić information content (AvgIpc) is 2.47. The van der Waals surface area contributed by atoms with E-state index in [9.17, 15) is 0 Å². The summed E-state index contributed by atoms with van der Waals surface area (Å²) in [5, 5.41) is 0. The summed E-state index contributed by atoms with van der Waals surface area (Å²) < 4.78 is 0. The molecule has 15 heavy (non-hydrogen) atoms. The van der Waals surface area contributed by atoms with E-state index in [1.165, 1.54) is 27.9 Å². The highest BCUT2D eigenvalue weighted by molar-refractivity contribution is 5.69. The van der Waals surface area contributed by atoms with Crippen LogP contribution in [-0.4, -0.2) is 0 Å². The molecule has 0 unspecified atom stereocenters. The maximum atomic E-state index is 2.26. The van der Waals surface area contributed by atoms with Crippen molar-refractivity contribution in [3.63, 3.8) is 0 Å². The smallest absolute Gasteiger partial charge is 0.0189 e. The maximum absolute atomic E-state index is 2.26. The Morgan fingerprint density at radius 2 is 1.60 bits per heavy atom. The Balaban J connectivity index is 2.41. The van der Waals surface area contributed by atoms with Crippen molar-refractivity contribution in [3.8, 4) is 0 Å². The summed E-state index contributed by atoms with van der Waals surface area (Å²) >= 11 is 0. The van der Waals surface area contributed by atoms with Crippen LogP contribution in [0.25, 0.3) is 6.08 Å². The lowest BCUT2D eigenvalue weighted by molar-refractivity contribution is 1.36. The van der Waals surface area contributed by atoms with Crippen LogP contribution in [0, 0.1) is 0 Å². The molecular weight excluding hydrogens is 180 g/mol. The Labute approximate surface area is 91.6 Å². The molecule has 0 heterocycles. The topological polar surface area (TPSA) is 0 Å². The molecular formula is C15H16. The lowest BCUT2D eigenvalue weighted by atomic mass is 10.0.